The first-order valence-corrected chi connectivity index (χ1v) is 5.84. The summed E-state index contributed by atoms with van der Waals surface area (Å²) in [6.07, 6.45) is 0.320. The van der Waals surface area contributed by atoms with E-state index in [1.807, 2.05) is 0 Å². The van der Waals surface area contributed by atoms with Gasteiger partial charge in [-0.25, -0.2) is 4.79 Å². The highest BCUT2D eigenvalue weighted by molar-refractivity contribution is 5.79. The monoisotopic (exact) mass is 278 g/mol. The van der Waals surface area contributed by atoms with Crippen LogP contribution in [0.4, 0.5) is 0 Å². The maximum atomic E-state index is 12.0. The second kappa shape index (κ2) is 5.72. The van der Waals surface area contributed by atoms with Crippen LogP contribution in [0.2, 0.25) is 0 Å². The third-order valence-corrected chi connectivity index (χ3v) is 3.46. The molecule has 0 aliphatic carbocycles. The fourth-order valence-electron chi connectivity index (χ4n) is 2.33. The highest BCUT2D eigenvalue weighted by Crippen LogP contribution is 2.44. The predicted molar refractivity (Wildman–Crippen MR) is 64.2 cm³/mol. The zero-order valence-electron chi connectivity index (χ0n) is 12.3. The van der Waals surface area contributed by atoms with Crippen LogP contribution in [-0.4, -0.2) is 58.9 Å². The number of rotatable bonds is 5. The van der Waals surface area contributed by atoms with Crippen LogP contribution < -0.4 is 0 Å². The summed E-state index contributed by atoms with van der Waals surface area (Å²) in [6, 6.07) is 0. The molecule has 1 rings (SSSR count). The Morgan fingerprint density at radius 1 is 0.947 bits per heavy atom. The lowest BCUT2D eigenvalue weighted by atomic mass is 9.89. The zero-order chi connectivity index (χ0) is 14.7. The molecule has 1 aliphatic heterocycles. The van der Waals surface area contributed by atoms with Gasteiger partial charge in [0, 0.05) is 34.9 Å². The van der Waals surface area contributed by atoms with Gasteiger partial charge in [-0.15, -0.1) is 0 Å². The van der Waals surface area contributed by atoms with E-state index in [4.69, 9.17) is 28.4 Å². The van der Waals surface area contributed by atoms with Gasteiger partial charge in [-0.1, -0.05) is 0 Å². The van der Waals surface area contributed by atoms with E-state index in [1.165, 1.54) is 35.5 Å². The lowest BCUT2D eigenvalue weighted by Crippen LogP contribution is -2.63. The number of carbonyl (C=O) groups is 1. The summed E-state index contributed by atoms with van der Waals surface area (Å²) in [6.45, 7) is 1.58. The first-order chi connectivity index (χ1) is 8.85. The Morgan fingerprint density at radius 3 is 1.84 bits per heavy atom. The molecule has 0 unspecified atom stereocenters. The maximum Gasteiger partial charge on any atom is 0.338 e. The molecular weight excluding hydrogens is 256 g/mol. The summed E-state index contributed by atoms with van der Waals surface area (Å²) in [4.78, 5) is 12.0. The van der Waals surface area contributed by atoms with Crippen molar-refractivity contribution < 1.29 is 33.2 Å². The van der Waals surface area contributed by atoms with Gasteiger partial charge in [-0.2, -0.15) is 0 Å². The third kappa shape index (κ3) is 2.90. The largest absolute Gasteiger partial charge is 0.467 e. The van der Waals surface area contributed by atoms with Crippen LogP contribution in [0, 0.1) is 0 Å². The number of esters is 1. The normalized spacial score (nSPS) is 28.9. The molecule has 0 aromatic carbocycles. The van der Waals surface area contributed by atoms with E-state index in [1.54, 1.807) is 6.92 Å². The minimum Gasteiger partial charge on any atom is -0.467 e. The van der Waals surface area contributed by atoms with Gasteiger partial charge in [0.2, 0.25) is 0 Å². The minimum atomic E-state index is -1.44. The average Bonchev–Trinajstić information content (AvgIpc) is 2.45. The molecule has 19 heavy (non-hydrogen) atoms. The van der Waals surface area contributed by atoms with Gasteiger partial charge in [0.15, 0.2) is 11.4 Å². The van der Waals surface area contributed by atoms with E-state index in [0.29, 0.717) is 0 Å². The van der Waals surface area contributed by atoms with E-state index >= 15 is 0 Å². The van der Waals surface area contributed by atoms with Crippen molar-refractivity contribution in [3.63, 3.8) is 0 Å². The Kier molecular flexibility index (Phi) is 4.91. The molecule has 1 aliphatic rings. The van der Waals surface area contributed by atoms with Crippen molar-refractivity contribution in [1.82, 2.24) is 0 Å². The molecular formula is C12H22O7. The van der Waals surface area contributed by atoms with Gasteiger partial charge in [0.05, 0.1) is 13.5 Å². The van der Waals surface area contributed by atoms with Gasteiger partial charge < -0.3 is 28.4 Å². The van der Waals surface area contributed by atoms with Gasteiger partial charge in [0.25, 0.3) is 5.97 Å². The van der Waals surface area contributed by atoms with Crippen molar-refractivity contribution in [3.8, 4) is 0 Å². The lowest BCUT2D eigenvalue weighted by molar-refractivity contribution is -0.449. The summed E-state index contributed by atoms with van der Waals surface area (Å²) < 4.78 is 31.8. The summed E-state index contributed by atoms with van der Waals surface area (Å²) in [5.74, 6) is -3.05. The summed E-state index contributed by atoms with van der Waals surface area (Å²) in [5, 5.41) is 0. The molecule has 1 heterocycles. The molecule has 7 nitrogen and oxygen atoms in total. The molecule has 7 heteroatoms. The summed E-state index contributed by atoms with van der Waals surface area (Å²) in [5.41, 5.74) is -1.30. The highest BCUT2D eigenvalue weighted by atomic mass is 16.9. The first kappa shape index (κ1) is 16.3. The van der Waals surface area contributed by atoms with Crippen molar-refractivity contribution in [2.45, 2.75) is 37.1 Å². The Hall–Kier alpha value is -0.730. The van der Waals surface area contributed by atoms with E-state index < -0.39 is 23.3 Å². The van der Waals surface area contributed by atoms with E-state index in [-0.39, 0.29) is 12.8 Å². The fraction of sp³-hybridized carbons (Fsp3) is 0.917. The Bertz CT molecular complexity index is 300. The minimum absolute atomic E-state index is 0.159. The van der Waals surface area contributed by atoms with E-state index in [0.717, 1.165) is 0 Å². The molecule has 0 bridgehead atoms. The number of hydrogen-bond donors (Lipinski definition) is 0. The van der Waals surface area contributed by atoms with Crippen molar-refractivity contribution in [2.24, 2.45) is 0 Å². The predicted octanol–water partition coefficient (Wildman–Crippen LogP) is 0.664. The van der Waals surface area contributed by atoms with Crippen molar-refractivity contribution >= 4 is 5.97 Å². The summed E-state index contributed by atoms with van der Waals surface area (Å²) in [7, 11) is 7.10. The number of ether oxygens (including phenoxy) is 6. The Morgan fingerprint density at radius 2 is 1.47 bits per heavy atom. The highest BCUT2D eigenvalue weighted by Gasteiger charge is 2.59. The number of carbonyl (C=O) groups excluding carboxylic acids is 1. The molecule has 1 atom stereocenters. The lowest BCUT2D eigenvalue weighted by Gasteiger charge is -2.50. The summed E-state index contributed by atoms with van der Waals surface area (Å²) >= 11 is 0. The fourth-order valence-corrected chi connectivity index (χ4v) is 2.33. The molecule has 0 radical (unpaired) electrons. The molecule has 0 aromatic rings. The van der Waals surface area contributed by atoms with Crippen LogP contribution in [0.25, 0.3) is 0 Å². The average molecular weight is 278 g/mol. The second-order valence-corrected chi connectivity index (χ2v) is 4.59. The van der Waals surface area contributed by atoms with Crippen LogP contribution in [0.1, 0.15) is 19.8 Å². The van der Waals surface area contributed by atoms with Crippen LogP contribution in [-0.2, 0) is 33.2 Å². The molecule has 0 N–H and O–H groups in total. The Balaban J connectivity index is 3.19. The van der Waals surface area contributed by atoms with Gasteiger partial charge in [-0.05, 0) is 6.92 Å². The molecule has 1 saturated heterocycles. The molecule has 1 fully saturated rings. The second-order valence-electron chi connectivity index (χ2n) is 4.59. The number of hydrogen-bond acceptors (Lipinski definition) is 7. The van der Waals surface area contributed by atoms with Crippen LogP contribution in [0.5, 0.6) is 0 Å². The molecule has 0 saturated carbocycles. The molecule has 0 amide bonds. The van der Waals surface area contributed by atoms with Gasteiger partial charge in [0.1, 0.15) is 0 Å². The SMILES string of the molecule is COC(=O)[C@]1(C)CC(OC)(OC)CC(OC)(OC)O1. The standard InChI is InChI=1S/C12H22O7/c1-10(9(13)14-2)7-11(15-3,16-4)8-12(17-5,18-6)19-10/h7-8H2,1-6H3/t10-/m0/s1. The molecule has 112 valence electrons. The zero-order valence-corrected chi connectivity index (χ0v) is 12.3. The number of methoxy groups -OCH3 is 5. The Labute approximate surface area is 113 Å². The van der Waals surface area contributed by atoms with E-state index in [2.05, 4.69) is 0 Å². The van der Waals surface area contributed by atoms with E-state index in [9.17, 15) is 4.79 Å². The van der Waals surface area contributed by atoms with Crippen molar-refractivity contribution in [2.75, 3.05) is 35.5 Å². The molecule has 0 spiro atoms. The molecule has 0 aromatic heterocycles. The van der Waals surface area contributed by atoms with Crippen molar-refractivity contribution in [3.05, 3.63) is 0 Å². The maximum absolute atomic E-state index is 12.0. The first-order valence-electron chi connectivity index (χ1n) is 5.84. The smallest absolute Gasteiger partial charge is 0.338 e. The van der Waals surface area contributed by atoms with Crippen LogP contribution >= 0.6 is 0 Å². The van der Waals surface area contributed by atoms with Crippen molar-refractivity contribution in [1.29, 1.82) is 0 Å². The topological polar surface area (TPSA) is 72.5 Å². The van der Waals surface area contributed by atoms with Gasteiger partial charge >= 0.3 is 5.97 Å². The van der Waals surface area contributed by atoms with Crippen LogP contribution in [0.3, 0.4) is 0 Å². The quantitative estimate of drug-likeness (QED) is 0.540. The third-order valence-electron chi connectivity index (χ3n) is 3.46. The van der Waals surface area contributed by atoms with Crippen LogP contribution in [0.15, 0.2) is 0 Å². The van der Waals surface area contributed by atoms with Gasteiger partial charge in [-0.3, -0.25) is 0 Å².